The Bertz CT molecular complexity index is 899. The van der Waals surface area contributed by atoms with Crippen LogP contribution >= 0.6 is 0 Å². The molecular formula is C24H28N2O4. The molecule has 6 nitrogen and oxygen atoms in total. The van der Waals surface area contributed by atoms with Gasteiger partial charge in [0.25, 0.3) is 5.91 Å². The maximum Gasteiger partial charge on any atom is 0.328 e. The van der Waals surface area contributed by atoms with Crippen molar-refractivity contribution < 1.29 is 19.5 Å². The third-order valence-electron chi connectivity index (χ3n) is 5.74. The van der Waals surface area contributed by atoms with E-state index in [9.17, 15) is 19.5 Å². The summed E-state index contributed by atoms with van der Waals surface area (Å²) in [4.78, 5) is 35.9. The molecule has 0 saturated heterocycles. The van der Waals surface area contributed by atoms with Gasteiger partial charge in [-0.05, 0) is 75.3 Å². The monoisotopic (exact) mass is 408 g/mol. The molecule has 158 valence electrons. The fourth-order valence-corrected chi connectivity index (χ4v) is 3.78. The van der Waals surface area contributed by atoms with Crippen molar-refractivity contribution >= 4 is 23.5 Å². The molecule has 6 heteroatoms. The number of carbonyl (C=O) groups excluding carboxylic acids is 2. The Morgan fingerprint density at radius 1 is 0.900 bits per heavy atom. The average molecular weight is 408 g/mol. The molecular weight excluding hydrogens is 380 g/mol. The first-order chi connectivity index (χ1) is 14.3. The van der Waals surface area contributed by atoms with E-state index in [1.165, 1.54) is 19.4 Å². The Labute approximate surface area is 176 Å². The highest BCUT2D eigenvalue weighted by Crippen LogP contribution is 2.36. The van der Waals surface area contributed by atoms with E-state index in [0.717, 1.165) is 31.4 Å². The molecule has 1 aliphatic carbocycles. The lowest BCUT2D eigenvalue weighted by Crippen LogP contribution is -2.51. The lowest BCUT2D eigenvalue weighted by atomic mass is 9.78. The smallest absolute Gasteiger partial charge is 0.328 e. The topological polar surface area (TPSA) is 95.5 Å². The van der Waals surface area contributed by atoms with Gasteiger partial charge < -0.3 is 15.7 Å². The van der Waals surface area contributed by atoms with Crippen molar-refractivity contribution in [2.45, 2.75) is 51.0 Å². The molecule has 0 atom stereocenters. The number of hydrogen-bond donors (Lipinski definition) is 3. The van der Waals surface area contributed by atoms with Gasteiger partial charge in [0.15, 0.2) is 0 Å². The Balaban J connectivity index is 1.53. The van der Waals surface area contributed by atoms with Crippen LogP contribution < -0.4 is 10.6 Å². The highest BCUT2D eigenvalue weighted by molar-refractivity contribution is 6.04. The van der Waals surface area contributed by atoms with Crippen molar-refractivity contribution in [3.63, 3.8) is 0 Å². The van der Waals surface area contributed by atoms with Crippen LogP contribution in [0.2, 0.25) is 0 Å². The van der Waals surface area contributed by atoms with Crippen LogP contribution in [0.1, 0.15) is 61.4 Å². The number of carboxylic acids is 1. The highest BCUT2D eigenvalue weighted by atomic mass is 16.4. The van der Waals surface area contributed by atoms with Gasteiger partial charge in [0.05, 0.1) is 0 Å². The molecule has 1 aliphatic rings. The summed E-state index contributed by atoms with van der Waals surface area (Å²) >= 11 is 0. The van der Waals surface area contributed by atoms with E-state index < -0.39 is 11.5 Å². The molecule has 2 amide bonds. The van der Waals surface area contributed by atoms with E-state index in [1.807, 2.05) is 42.5 Å². The SMILES string of the molecule is CC(C)(NC(=O)C1CCC(c2ccc(NC(=O)c3ccccc3)cc2)CC1)C(=O)O. The Kier molecular flexibility index (Phi) is 6.55. The Morgan fingerprint density at radius 3 is 2.07 bits per heavy atom. The summed E-state index contributed by atoms with van der Waals surface area (Å²) in [5.41, 5.74) is 1.30. The first-order valence-electron chi connectivity index (χ1n) is 10.3. The summed E-state index contributed by atoms with van der Waals surface area (Å²) in [6.45, 7) is 2.99. The number of nitrogens with one attached hydrogen (secondary N) is 2. The van der Waals surface area contributed by atoms with Crippen molar-refractivity contribution in [3.05, 3.63) is 65.7 Å². The Hall–Kier alpha value is -3.15. The first kappa shape index (κ1) is 21.6. The van der Waals surface area contributed by atoms with Crippen LogP contribution in [0, 0.1) is 5.92 Å². The van der Waals surface area contributed by atoms with Crippen LogP contribution in [0.5, 0.6) is 0 Å². The van der Waals surface area contributed by atoms with E-state index in [4.69, 9.17) is 0 Å². The number of benzene rings is 2. The van der Waals surface area contributed by atoms with Crippen LogP contribution in [0.15, 0.2) is 54.6 Å². The third kappa shape index (κ3) is 5.26. The van der Waals surface area contributed by atoms with Crippen molar-refractivity contribution in [2.24, 2.45) is 5.92 Å². The molecule has 2 aromatic rings. The maximum absolute atomic E-state index is 12.4. The number of aliphatic carboxylic acids is 1. The van der Waals surface area contributed by atoms with Crippen molar-refractivity contribution in [1.82, 2.24) is 5.32 Å². The predicted molar refractivity (Wildman–Crippen MR) is 115 cm³/mol. The fourth-order valence-electron chi connectivity index (χ4n) is 3.78. The molecule has 0 heterocycles. The van der Waals surface area contributed by atoms with Crippen molar-refractivity contribution in [1.29, 1.82) is 0 Å². The van der Waals surface area contributed by atoms with Crippen LogP contribution in [0.4, 0.5) is 5.69 Å². The molecule has 0 unspecified atom stereocenters. The number of hydrogen-bond acceptors (Lipinski definition) is 3. The summed E-state index contributed by atoms with van der Waals surface area (Å²) in [7, 11) is 0. The second-order valence-corrected chi connectivity index (χ2v) is 8.41. The fraction of sp³-hybridized carbons (Fsp3) is 0.375. The second-order valence-electron chi connectivity index (χ2n) is 8.41. The van der Waals surface area contributed by atoms with Gasteiger partial charge in [-0.15, -0.1) is 0 Å². The Morgan fingerprint density at radius 2 is 1.50 bits per heavy atom. The van der Waals surface area contributed by atoms with Crippen LogP contribution in [-0.4, -0.2) is 28.4 Å². The molecule has 0 spiro atoms. The van der Waals surface area contributed by atoms with E-state index >= 15 is 0 Å². The predicted octanol–water partition coefficient (Wildman–Crippen LogP) is 4.19. The van der Waals surface area contributed by atoms with Gasteiger partial charge >= 0.3 is 5.97 Å². The van der Waals surface area contributed by atoms with E-state index in [-0.39, 0.29) is 17.7 Å². The van der Waals surface area contributed by atoms with Crippen LogP contribution in [-0.2, 0) is 9.59 Å². The summed E-state index contributed by atoms with van der Waals surface area (Å²) < 4.78 is 0. The zero-order chi connectivity index (χ0) is 21.7. The summed E-state index contributed by atoms with van der Waals surface area (Å²) in [5.74, 6) is -1.15. The molecule has 1 saturated carbocycles. The molecule has 1 fully saturated rings. The van der Waals surface area contributed by atoms with Crippen LogP contribution in [0.25, 0.3) is 0 Å². The zero-order valence-corrected chi connectivity index (χ0v) is 17.4. The highest BCUT2D eigenvalue weighted by Gasteiger charge is 2.33. The van der Waals surface area contributed by atoms with Gasteiger partial charge in [-0.1, -0.05) is 30.3 Å². The standard InChI is InChI=1S/C24H28N2O4/c1-24(2,23(29)30)26-22(28)19-10-8-16(9-11-19)17-12-14-20(15-13-17)25-21(27)18-6-4-3-5-7-18/h3-7,12-16,19H,8-11H2,1-2H3,(H,25,27)(H,26,28)(H,29,30). The largest absolute Gasteiger partial charge is 0.480 e. The van der Waals surface area contributed by atoms with E-state index in [0.29, 0.717) is 11.5 Å². The molecule has 0 bridgehead atoms. The lowest BCUT2D eigenvalue weighted by molar-refractivity contribution is -0.146. The van der Waals surface area contributed by atoms with Gasteiger partial charge in [-0.2, -0.15) is 0 Å². The van der Waals surface area contributed by atoms with Gasteiger partial charge in [-0.3, -0.25) is 9.59 Å². The van der Waals surface area contributed by atoms with Crippen molar-refractivity contribution in [3.8, 4) is 0 Å². The average Bonchev–Trinajstić information content (AvgIpc) is 2.74. The minimum Gasteiger partial charge on any atom is -0.480 e. The lowest BCUT2D eigenvalue weighted by Gasteiger charge is -2.30. The molecule has 3 rings (SSSR count). The number of carbonyl (C=O) groups is 3. The summed E-state index contributed by atoms with van der Waals surface area (Å²) in [5, 5.41) is 14.7. The molecule has 0 aromatic heterocycles. The van der Waals surface area contributed by atoms with Gasteiger partial charge in [-0.25, -0.2) is 4.79 Å². The first-order valence-corrected chi connectivity index (χ1v) is 10.3. The number of anilines is 1. The number of rotatable bonds is 6. The van der Waals surface area contributed by atoms with Crippen molar-refractivity contribution in [2.75, 3.05) is 5.32 Å². The molecule has 3 N–H and O–H groups in total. The molecule has 0 aliphatic heterocycles. The normalized spacial score (nSPS) is 19.0. The van der Waals surface area contributed by atoms with Gasteiger partial charge in [0.1, 0.15) is 5.54 Å². The van der Waals surface area contributed by atoms with Gasteiger partial charge in [0, 0.05) is 17.2 Å². The summed E-state index contributed by atoms with van der Waals surface area (Å²) in [6, 6.07) is 16.9. The summed E-state index contributed by atoms with van der Waals surface area (Å²) in [6.07, 6.45) is 3.22. The van der Waals surface area contributed by atoms with Crippen LogP contribution in [0.3, 0.4) is 0 Å². The second kappa shape index (κ2) is 9.11. The maximum atomic E-state index is 12.4. The minimum absolute atomic E-state index is 0.140. The number of carboxylic acid groups (broad SMARTS) is 1. The van der Waals surface area contributed by atoms with Gasteiger partial charge in [0.2, 0.25) is 5.91 Å². The molecule has 2 aromatic carbocycles. The molecule has 30 heavy (non-hydrogen) atoms. The van der Waals surface area contributed by atoms with E-state index in [1.54, 1.807) is 12.1 Å². The molecule has 0 radical (unpaired) electrons. The minimum atomic E-state index is -1.26. The quantitative estimate of drug-likeness (QED) is 0.668. The zero-order valence-electron chi connectivity index (χ0n) is 17.4. The third-order valence-corrected chi connectivity index (χ3v) is 5.74. The number of amides is 2. The van der Waals surface area contributed by atoms with E-state index in [2.05, 4.69) is 10.6 Å².